The second-order valence-corrected chi connectivity index (χ2v) is 6.44. The topological polar surface area (TPSA) is 6.48 Å². The second kappa shape index (κ2) is 6.40. The van der Waals surface area contributed by atoms with E-state index in [1.165, 1.54) is 15.7 Å². The summed E-state index contributed by atoms with van der Waals surface area (Å²) in [6.45, 7) is 9.12. The Morgan fingerprint density at radius 1 is 1.17 bits per heavy atom. The predicted octanol–water partition coefficient (Wildman–Crippen LogP) is 3.87. The van der Waals surface area contributed by atoms with Crippen molar-refractivity contribution in [3.63, 3.8) is 0 Å². The van der Waals surface area contributed by atoms with Crippen LogP contribution in [-0.4, -0.2) is 37.1 Å². The lowest BCUT2D eigenvalue weighted by Gasteiger charge is -2.38. The molecule has 1 aromatic carbocycles. The van der Waals surface area contributed by atoms with Crippen LogP contribution in [0.2, 0.25) is 0 Å². The third-order valence-electron chi connectivity index (χ3n) is 3.59. The average molecular weight is 376 g/mol. The van der Waals surface area contributed by atoms with E-state index in [0.29, 0.717) is 6.04 Å². The molecule has 1 heterocycles. The van der Waals surface area contributed by atoms with Crippen LogP contribution in [0.3, 0.4) is 0 Å². The SMILES string of the molecule is CC(C)N1CCN(c2ccc(CBr)c(Br)c2)CC1. The molecular formula is C14H20Br2N2. The first kappa shape index (κ1) is 14.4. The van der Waals surface area contributed by atoms with Crippen LogP contribution in [0, 0.1) is 0 Å². The molecule has 2 rings (SSSR count). The zero-order chi connectivity index (χ0) is 13.1. The number of benzene rings is 1. The van der Waals surface area contributed by atoms with Crippen LogP contribution in [0.25, 0.3) is 0 Å². The van der Waals surface area contributed by atoms with Crippen molar-refractivity contribution >= 4 is 37.5 Å². The van der Waals surface area contributed by atoms with E-state index < -0.39 is 0 Å². The number of hydrogen-bond donors (Lipinski definition) is 0. The Balaban J connectivity index is 2.03. The smallest absolute Gasteiger partial charge is 0.0378 e. The molecule has 1 saturated heterocycles. The van der Waals surface area contributed by atoms with E-state index in [1.807, 2.05) is 0 Å². The minimum atomic E-state index is 0.662. The molecule has 1 aliphatic rings. The summed E-state index contributed by atoms with van der Waals surface area (Å²) in [6, 6.07) is 7.33. The van der Waals surface area contributed by atoms with Gasteiger partial charge in [-0.1, -0.05) is 37.9 Å². The minimum Gasteiger partial charge on any atom is -0.369 e. The standard InChI is InChI=1S/C14H20Br2N2/c1-11(2)17-5-7-18(8-6-17)13-4-3-12(10-15)14(16)9-13/h3-4,9,11H,5-8,10H2,1-2H3. The number of nitrogens with zero attached hydrogens (tertiary/aromatic N) is 2. The molecule has 0 amide bonds. The third kappa shape index (κ3) is 3.28. The van der Waals surface area contributed by atoms with E-state index in [9.17, 15) is 0 Å². The third-order valence-corrected chi connectivity index (χ3v) is 4.93. The van der Waals surface area contributed by atoms with Gasteiger partial charge in [-0.3, -0.25) is 4.90 Å². The lowest BCUT2D eigenvalue weighted by Crippen LogP contribution is -2.48. The Morgan fingerprint density at radius 2 is 1.83 bits per heavy atom. The van der Waals surface area contributed by atoms with Gasteiger partial charge >= 0.3 is 0 Å². The summed E-state index contributed by atoms with van der Waals surface area (Å²) in [5.74, 6) is 0. The maximum Gasteiger partial charge on any atom is 0.0378 e. The van der Waals surface area contributed by atoms with Crippen molar-refractivity contribution in [2.45, 2.75) is 25.2 Å². The summed E-state index contributed by atoms with van der Waals surface area (Å²) >= 11 is 7.14. The van der Waals surface area contributed by atoms with Gasteiger partial charge in [0.15, 0.2) is 0 Å². The van der Waals surface area contributed by atoms with E-state index in [1.54, 1.807) is 0 Å². The number of rotatable bonds is 3. The van der Waals surface area contributed by atoms with Gasteiger partial charge in [0, 0.05) is 47.7 Å². The molecule has 0 spiro atoms. The molecule has 0 bridgehead atoms. The molecule has 1 aliphatic heterocycles. The molecule has 2 nitrogen and oxygen atoms in total. The fourth-order valence-electron chi connectivity index (χ4n) is 2.34. The fraction of sp³-hybridized carbons (Fsp3) is 0.571. The first-order valence-corrected chi connectivity index (χ1v) is 8.36. The minimum absolute atomic E-state index is 0.662. The van der Waals surface area contributed by atoms with Gasteiger partial charge in [-0.25, -0.2) is 0 Å². The second-order valence-electron chi connectivity index (χ2n) is 5.03. The average Bonchev–Trinajstić information content (AvgIpc) is 2.38. The summed E-state index contributed by atoms with van der Waals surface area (Å²) in [4.78, 5) is 5.01. The highest BCUT2D eigenvalue weighted by Crippen LogP contribution is 2.26. The summed E-state index contributed by atoms with van der Waals surface area (Å²) < 4.78 is 1.20. The van der Waals surface area contributed by atoms with E-state index in [2.05, 4.69) is 73.7 Å². The Labute approximate surface area is 127 Å². The number of hydrogen-bond acceptors (Lipinski definition) is 2. The van der Waals surface area contributed by atoms with E-state index >= 15 is 0 Å². The molecule has 1 aromatic rings. The van der Waals surface area contributed by atoms with Gasteiger partial charge in [-0.2, -0.15) is 0 Å². The molecule has 0 N–H and O–H groups in total. The number of alkyl halides is 1. The molecular weight excluding hydrogens is 356 g/mol. The van der Waals surface area contributed by atoms with Crippen molar-refractivity contribution in [1.29, 1.82) is 0 Å². The Morgan fingerprint density at radius 3 is 2.33 bits per heavy atom. The van der Waals surface area contributed by atoms with Crippen molar-refractivity contribution in [2.24, 2.45) is 0 Å². The molecule has 0 aliphatic carbocycles. The van der Waals surface area contributed by atoms with Crippen LogP contribution in [0.1, 0.15) is 19.4 Å². The Kier molecular flexibility index (Phi) is 5.10. The monoisotopic (exact) mass is 374 g/mol. The van der Waals surface area contributed by atoms with Gasteiger partial charge in [0.2, 0.25) is 0 Å². The molecule has 0 unspecified atom stereocenters. The van der Waals surface area contributed by atoms with Crippen molar-refractivity contribution < 1.29 is 0 Å². The first-order chi connectivity index (χ1) is 8.61. The molecule has 18 heavy (non-hydrogen) atoms. The van der Waals surface area contributed by atoms with Gasteiger partial charge in [-0.05, 0) is 31.5 Å². The summed E-state index contributed by atoms with van der Waals surface area (Å²) in [6.07, 6.45) is 0. The highest BCUT2D eigenvalue weighted by atomic mass is 79.9. The quantitative estimate of drug-likeness (QED) is 0.739. The maximum atomic E-state index is 3.64. The molecule has 4 heteroatoms. The van der Waals surface area contributed by atoms with Crippen LogP contribution < -0.4 is 4.90 Å². The highest BCUT2D eigenvalue weighted by molar-refractivity contribution is 9.10. The van der Waals surface area contributed by atoms with Crippen LogP contribution in [0.4, 0.5) is 5.69 Å². The normalized spacial score (nSPS) is 17.5. The van der Waals surface area contributed by atoms with E-state index in [0.717, 1.165) is 31.5 Å². The number of halogens is 2. The lowest BCUT2D eigenvalue weighted by atomic mass is 10.2. The Hall–Kier alpha value is -0.0600. The van der Waals surface area contributed by atoms with Crippen molar-refractivity contribution in [3.05, 3.63) is 28.2 Å². The highest BCUT2D eigenvalue weighted by Gasteiger charge is 2.19. The van der Waals surface area contributed by atoms with Crippen molar-refractivity contribution in [3.8, 4) is 0 Å². The van der Waals surface area contributed by atoms with Crippen LogP contribution in [0.5, 0.6) is 0 Å². The maximum absolute atomic E-state index is 3.64. The molecule has 100 valence electrons. The molecule has 1 fully saturated rings. The fourth-order valence-corrected chi connectivity index (χ4v) is 3.71. The van der Waals surface area contributed by atoms with Crippen LogP contribution in [0.15, 0.2) is 22.7 Å². The molecule has 0 atom stereocenters. The van der Waals surface area contributed by atoms with Gasteiger partial charge < -0.3 is 4.90 Å². The largest absolute Gasteiger partial charge is 0.369 e. The van der Waals surface area contributed by atoms with Crippen molar-refractivity contribution in [1.82, 2.24) is 4.90 Å². The number of anilines is 1. The molecule has 0 saturated carbocycles. The van der Waals surface area contributed by atoms with Crippen molar-refractivity contribution in [2.75, 3.05) is 31.1 Å². The first-order valence-electron chi connectivity index (χ1n) is 6.45. The van der Waals surface area contributed by atoms with E-state index in [4.69, 9.17) is 0 Å². The summed E-state index contributed by atoms with van der Waals surface area (Å²) in [5, 5.41) is 0.898. The zero-order valence-electron chi connectivity index (χ0n) is 11.0. The number of piperazine rings is 1. The zero-order valence-corrected chi connectivity index (χ0v) is 14.2. The lowest BCUT2D eigenvalue weighted by molar-refractivity contribution is 0.209. The molecule has 0 radical (unpaired) electrons. The van der Waals surface area contributed by atoms with Gasteiger partial charge in [-0.15, -0.1) is 0 Å². The van der Waals surface area contributed by atoms with Gasteiger partial charge in [0.25, 0.3) is 0 Å². The Bertz CT molecular complexity index is 399. The summed E-state index contributed by atoms with van der Waals surface area (Å²) in [7, 11) is 0. The van der Waals surface area contributed by atoms with Gasteiger partial charge in [0.1, 0.15) is 0 Å². The molecule has 0 aromatic heterocycles. The van der Waals surface area contributed by atoms with Crippen LogP contribution in [-0.2, 0) is 5.33 Å². The van der Waals surface area contributed by atoms with Crippen LogP contribution >= 0.6 is 31.9 Å². The summed E-state index contributed by atoms with van der Waals surface area (Å²) in [5.41, 5.74) is 2.63. The van der Waals surface area contributed by atoms with Gasteiger partial charge in [0.05, 0.1) is 0 Å². The predicted molar refractivity (Wildman–Crippen MR) is 85.7 cm³/mol. The van der Waals surface area contributed by atoms with E-state index in [-0.39, 0.29) is 0 Å².